The smallest absolute Gasteiger partial charge is 0.0381 e. The Hall–Kier alpha value is -1.50. The molecule has 0 aliphatic heterocycles. The van der Waals surface area contributed by atoms with Crippen LogP contribution in [-0.4, -0.2) is 0 Å². The number of allylic oxidation sites excluding steroid dienone is 3. The van der Waals surface area contributed by atoms with E-state index in [2.05, 4.69) is 11.9 Å². The van der Waals surface area contributed by atoms with Crippen molar-refractivity contribution in [3.8, 4) is 0 Å². The molecule has 0 heterocycles. The third-order valence-corrected chi connectivity index (χ3v) is 1.55. The lowest BCUT2D eigenvalue weighted by molar-refractivity contribution is 1.35. The van der Waals surface area contributed by atoms with Crippen molar-refractivity contribution in [2.45, 2.75) is 20.8 Å². The number of benzene rings is 1. The maximum absolute atomic E-state index is 3.36. The Morgan fingerprint density at radius 1 is 1.21 bits per heavy atom. The summed E-state index contributed by atoms with van der Waals surface area (Å²) < 4.78 is 0. The number of nitrogens with one attached hydrogen (secondary N) is 1. The first-order valence-electron chi connectivity index (χ1n) is 4.76. The SMILES string of the molecule is C/C=C(\C)Nc1ccccc1.C=CC. The minimum atomic E-state index is 1.14. The van der Waals surface area contributed by atoms with Crippen molar-refractivity contribution in [3.63, 3.8) is 0 Å². The molecule has 1 N–H and O–H groups in total. The molecule has 0 aromatic heterocycles. The molecule has 0 bridgehead atoms. The van der Waals surface area contributed by atoms with E-state index in [4.69, 9.17) is 0 Å². The molecule has 1 rings (SSSR count). The minimum Gasteiger partial charge on any atom is -0.359 e. The van der Waals surface area contributed by atoms with Crippen LogP contribution in [0, 0.1) is 0 Å². The molecular formula is C13H19N. The topological polar surface area (TPSA) is 12.0 Å². The Bertz CT molecular complexity index is 273. The summed E-state index contributed by atoms with van der Waals surface area (Å²) in [4.78, 5) is 0. The molecule has 0 aliphatic carbocycles. The van der Waals surface area contributed by atoms with Crippen molar-refractivity contribution in [1.82, 2.24) is 0 Å². The zero-order chi connectivity index (χ0) is 10.8. The molecule has 0 unspecified atom stereocenters. The van der Waals surface area contributed by atoms with E-state index in [9.17, 15) is 0 Å². The van der Waals surface area contributed by atoms with Gasteiger partial charge in [-0.3, -0.25) is 0 Å². The number of hydrogen-bond acceptors (Lipinski definition) is 1. The summed E-state index contributed by atoms with van der Waals surface area (Å²) in [5.74, 6) is 0. The number of hydrogen-bond donors (Lipinski definition) is 1. The van der Waals surface area contributed by atoms with Crippen LogP contribution in [0.4, 0.5) is 5.69 Å². The summed E-state index contributed by atoms with van der Waals surface area (Å²) >= 11 is 0. The Labute approximate surface area is 87.2 Å². The summed E-state index contributed by atoms with van der Waals surface area (Å²) in [5.41, 5.74) is 2.32. The maximum Gasteiger partial charge on any atom is 0.0381 e. The van der Waals surface area contributed by atoms with Gasteiger partial charge in [0.2, 0.25) is 0 Å². The van der Waals surface area contributed by atoms with Crippen LogP contribution >= 0.6 is 0 Å². The van der Waals surface area contributed by atoms with Crippen molar-refractivity contribution in [3.05, 3.63) is 54.8 Å². The first kappa shape index (κ1) is 12.5. The van der Waals surface area contributed by atoms with Gasteiger partial charge < -0.3 is 5.32 Å². The Balaban J connectivity index is 0.000000500. The zero-order valence-electron chi connectivity index (χ0n) is 9.25. The van der Waals surface area contributed by atoms with E-state index in [0.29, 0.717) is 0 Å². The minimum absolute atomic E-state index is 1.14. The second-order valence-electron chi connectivity index (χ2n) is 2.87. The molecule has 0 radical (unpaired) electrons. The monoisotopic (exact) mass is 189 g/mol. The molecule has 1 aromatic carbocycles. The quantitative estimate of drug-likeness (QED) is 0.687. The lowest BCUT2D eigenvalue weighted by Gasteiger charge is -2.04. The number of para-hydroxylation sites is 1. The van der Waals surface area contributed by atoms with Crippen LogP contribution in [0.3, 0.4) is 0 Å². The zero-order valence-corrected chi connectivity index (χ0v) is 9.25. The van der Waals surface area contributed by atoms with Crippen LogP contribution in [-0.2, 0) is 0 Å². The standard InChI is InChI=1S/C10H13N.C3H6/c1-3-9(2)11-10-7-5-4-6-8-10;1-3-2/h3-8,11H,1-2H3;3H,1H2,2H3/b9-3+;. The average Bonchev–Trinajstić information content (AvgIpc) is 2.20. The molecule has 0 saturated heterocycles. The van der Waals surface area contributed by atoms with E-state index in [-0.39, 0.29) is 0 Å². The summed E-state index contributed by atoms with van der Waals surface area (Å²) in [6, 6.07) is 10.1. The van der Waals surface area contributed by atoms with E-state index in [1.807, 2.05) is 57.2 Å². The van der Waals surface area contributed by atoms with Crippen LogP contribution in [0.5, 0.6) is 0 Å². The first-order chi connectivity index (χ1) is 6.74. The molecule has 0 spiro atoms. The van der Waals surface area contributed by atoms with Crippen LogP contribution in [0.15, 0.2) is 54.8 Å². The summed E-state index contributed by atoms with van der Waals surface area (Å²) in [6.07, 6.45) is 3.80. The predicted octanol–water partition coefficient (Wildman–Crippen LogP) is 4.21. The molecule has 1 nitrogen and oxygen atoms in total. The molecule has 0 amide bonds. The van der Waals surface area contributed by atoms with Gasteiger partial charge in [-0.05, 0) is 32.9 Å². The van der Waals surface area contributed by atoms with Crippen LogP contribution in [0.2, 0.25) is 0 Å². The first-order valence-corrected chi connectivity index (χ1v) is 4.76. The van der Waals surface area contributed by atoms with Gasteiger partial charge in [0, 0.05) is 11.4 Å². The van der Waals surface area contributed by atoms with Crippen LogP contribution in [0.1, 0.15) is 20.8 Å². The van der Waals surface area contributed by atoms with E-state index < -0.39 is 0 Å². The number of anilines is 1. The second-order valence-corrected chi connectivity index (χ2v) is 2.87. The van der Waals surface area contributed by atoms with Gasteiger partial charge in [0.25, 0.3) is 0 Å². The van der Waals surface area contributed by atoms with Gasteiger partial charge in [-0.15, -0.1) is 6.58 Å². The van der Waals surface area contributed by atoms with Gasteiger partial charge in [0.05, 0.1) is 0 Å². The third-order valence-electron chi connectivity index (χ3n) is 1.55. The number of rotatable bonds is 2. The Kier molecular flexibility index (Phi) is 7.24. The lowest BCUT2D eigenvalue weighted by atomic mass is 10.3. The molecule has 14 heavy (non-hydrogen) atoms. The largest absolute Gasteiger partial charge is 0.359 e. The molecule has 1 heteroatoms. The van der Waals surface area contributed by atoms with Gasteiger partial charge in [-0.25, -0.2) is 0 Å². The van der Waals surface area contributed by atoms with E-state index in [0.717, 1.165) is 5.69 Å². The van der Waals surface area contributed by atoms with E-state index in [1.165, 1.54) is 5.70 Å². The predicted molar refractivity (Wildman–Crippen MR) is 65.4 cm³/mol. The summed E-state index contributed by atoms with van der Waals surface area (Å²) in [6.45, 7) is 9.32. The molecular weight excluding hydrogens is 170 g/mol. The lowest BCUT2D eigenvalue weighted by Crippen LogP contribution is -1.93. The van der Waals surface area contributed by atoms with Gasteiger partial charge >= 0.3 is 0 Å². The maximum atomic E-state index is 3.36. The summed E-state index contributed by atoms with van der Waals surface area (Å²) in [5, 5.41) is 3.25. The van der Waals surface area contributed by atoms with Crippen LogP contribution < -0.4 is 5.32 Å². The Morgan fingerprint density at radius 2 is 1.71 bits per heavy atom. The highest BCUT2D eigenvalue weighted by Gasteiger charge is 1.87. The fraction of sp³-hybridized carbons (Fsp3) is 0.231. The van der Waals surface area contributed by atoms with Gasteiger partial charge in [-0.1, -0.05) is 30.4 Å². The van der Waals surface area contributed by atoms with Crippen molar-refractivity contribution < 1.29 is 0 Å². The highest BCUT2D eigenvalue weighted by atomic mass is 14.9. The molecule has 0 aliphatic rings. The second kappa shape index (κ2) is 8.11. The summed E-state index contributed by atoms with van der Waals surface area (Å²) in [7, 11) is 0. The van der Waals surface area contributed by atoms with Crippen molar-refractivity contribution in [2.75, 3.05) is 5.32 Å². The highest BCUT2D eigenvalue weighted by Crippen LogP contribution is 2.07. The van der Waals surface area contributed by atoms with Gasteiger partial charge in [0.15, 0.2) is 0 Å². The molecule has 0 atom stereocenters. The highest BCUT2D eigenvalue weighted by molar-refractivity contribution is 5.47. The molecule has 1 aromatic rings. The Morgan fingerprint density at radius 3 is 2.14 bits per heavy atom. The van der Waals surface area contributed by atoms with Gasteiger partial charge in [-0.2, -0.15) is 0 Å². The molecule has 0 saturated carbocycles. The fourth-order valence-corrected chi connectivity index (χ4v) is 0.821. The van der Waals surface area contributed by atoms with Crippen molar-refractivity contribution in [1.29, 1.82) is 0 Å². The van der Waals surface area contributed by atoms with Crippen LogP contribution in [0.25, 0.3) is 0 Å². The molecule has 0 fully saturated rings. The van der Waals surface area contributed by atoms with Gasteiger partial charge in [0.1, 0.15) is 0 Å². The normalized spacial score (nSPS) is 9.79. The fourth-order valence-electron chi connectivity index (χ4n) is 0.821. The average molecular weight is 189 g/mol. The van der Waals surface area contributed by atoms with E-state index >= 15 is 0 Å². The van der Waals surface area contributed by atoms with E-state index in [1.54, 1.807) is 6.08 Å². The molecule has 76 valence electrons. The van der Waals surface area contributed by atoms with Crippen molar-refractivity contribution in [2.24, 2.45) is 0 Å². The van der Waals surface area contributed by atoms with Crippen molar-refractivity contribution >= 4 is 5.69 Å². The third kappa shape index (κ3) is 6.06.